The number of carbonyl (C=O) groups is 1. The summed E-state index contributed by atoms with van der Waals surface area (Å²) in [4.78, 5) is 11.9. The largest absolute Gasteiger partial charge is 0.328 e. The van der Waals surface area contributed by atoms with Gasteiger partial charge in [0, 0.05) is 18.2 Å². The van der Waals surface area contributed by atoms with E-state index in [1.54, 1.807) is 0 Å². The average Bonchev–Trinajstić information content (AvgIpc) is 2.35. The van der Waals surface area contributed by atoms with Gasteiger partial charge in [0.05, 0.1) is 0 Å². The van der Waals surface area contributed by atoms with E-state index in [-0.39, 0.29) is 5.91 Å². The average molecular weight is 246 g/mol. The molecule has 0 spiro atoms. The molecule has 3 heteroatoms. The number of anilines is 1. The maximum absolute atomic E-state index is 11.9. The summed E-state index contributed by atoms with van der Waals surface area (Å²) in [7, 11) is 0. The molecule has 0 atom stereocenters. The van der Waals surface area contributed by atoms with Crippen molar-refractivity contribution in [2.24, 2.45) is 11.7 Å². The van der Waals surface area contributed by atoms with E-state index in [0.29, 0.717) is 18.4 Å². The Labute approximate surface area is 109 Å². The van der Waals surface area contributed by atoms with Gasteiger partial charge in [0.25, 0.3) is 0 Å². The first-order valence-electron chi connectivity index (χ1n) is 6.75. The summed E-state index contributed by atoms with van der Waals surface area (Å²) in [5.74, 6) is 0.634. The molecule has 0 aliphatic heterocycles. The molecule has 1 saturated carbocycles. The van der Waals surface area contributed by atoms with Crippen molar-refractivity contribution >= 4 is 11.6 Å². The molecule has 1 aliphatic carbocycles. The second kappa shape index (κ2) is 6.01. The number of aryl methyl sites for hydroxylation is 1. The van der Waals surface area contributed by atoms with Crippen molar-refractivity contribution in [1.82, 2.24) is 0 Å². The van der Waals surface area contributed by atoms with E-state index in [1.807, 2.05) is 31.2 Å². The van der Waals surface area contributed by atoms with E-state index >= 15 is 0 Å². The van der Waals surface area contributed by atoms with Crippen LogP contribution in [-0.2, 0) is 4.79 Å². The quantitative estimate of drug-likeness (QED) is 0.861. The summed E-state index contributed by atoms with van der Waals surface area (Å²) in [6.07, 6.45) is 4.91. The molecule has 1 aliphatic rings. The van der Waals surface area contributed by atoms with E-state index < -0.39 is 0 Å². The fraction of sp³-hybridized carbons (Fsp3) is 0.533. The predicted octanol–water partition coefficient (Wildman–Crippen LogP) is 2.84. The Morgan fingerprint density at radius 1 is 1.22 bits per heavy atom. The van der Waals surface area contributed by atoms with Gasteiger partial charge in [0.1, 0.15) is 0 Å². The lowest BCUT2D eigenvalue weighted by atomic mass is 9.84. The van der Waals surface area contributed by atoms with Gasteiger partial charge in [0.2, 0.25) is 5.91 Å². The number of hydrogen-bond acceptors (Lipinski definition) is 2. The van der Waals surface area contributed by atoms with Crippen molar-refractivity contribution in [3.63, 3.8) is 0 Å². The van der Waals surface area contributed by atoms with Crippen LogP contribution in [0.15, 0.2) is 24.3 Å². The van der Waals surface area contributed by atoms with Gasteiger partial charge >= 0.3 is 0 Å². The molecule has 3 N–H and O–H groups in total. The smallest absolute Gasteiger partial charge is 0.224 e. The number of benzene rings is 1. The van der Waals surface area contributed by atoms with Crippen LogP contribution >= 0.6 is 0 Å². The lowest BCUT2D eigenvalue weighted by molar-refractivity contribution is -0.117. The highest BCUT2D eigenvalue weighted by molar-refractivity contribution is 5.90. The molecule has 3 nitrogen and oxygen atoms in total. The van der Waals surface area contributed by atoms with Crippen molar-refractivity contribution in [3.8, 4) is 0 Å². The summed E-state index contributed by atoms with van der Waals surface area (Å²) in [6, 6.07) is 8.26. The van der Waals surface area contributed by atoms with Crippen molar-refractivity contribution in [1.29, 1.82) is 0 Å². The minimum Gasteiger partial charge on any atom is -0.328 e. The second-order valence-corrected chi connectivity index (χ2v) is 5.40. The van der Waals surface area contributed by atoms with Crippen LogP contribution in [0.1, 0.15) is 37.7 Å². The minimum absolute atomic E-state index is 0.124. The predicted molar refractivity (Wildman–Crippen MR) is 74.4 cm³/mol. The minimum atomic E-state index is 0.124. The summed E-state index contributed by atoms with van der Waals surface area (Å²) in [5, 5.41) is 2.96. The second-order valence-electron chi connectivity index (χ2n) is 5.40. The zero-order chi connectivity index (χ0) is 13.0. The number of nitrogens with one attached hydrogen (secondary N) is 1. The van der Waals surface area contributed by atoms with E-state index in [4.69, 9.17) is 5.73 Å². The normalized spacial score (nSPS) is 23.7. The summed E-state index contributed by atoms with van der Waals surface area (Å²) in [5.41, 5.74) is 7.96. The van der Waals surface area contributed by atoms with Crippen molar-refractivity contribution in [2.75, 3.05) is 5.32 Å². The maximum atomic E-state index is 11.9. The van der Waals surface area contributed by atoms with Gasteiger partial charge in [-0.3, -0.25) is 4.79 Å². The van der Waals surface area contributed by atoms with E-state index in [2.05, 4.69) is 5.32 Å². The Morgan fingerprint density at radius 2 is 1.83 bits per heavy atom. The number of nitrogens with two attached hydrogens (primary N) is 1. The van der Waals surface area contributed by atoms with E-state index in [1.165, 1.54) is 5.56 Å². The van der Waals surface area contributed by atoms with Crippen LogP contribution in [0, 0.1) is 12.8 Å². The Balaban J connectivity index is 1.80. The molecule has 1 aromatic rings. The highest BCUT2D eigenvalue weighted by Crippen LogP contribution is 2.26. The van der Waals surface area contributed by atoms with Crippen LogP contribution in [0.5, 0.6) is 0 Å². The van der Waals surface area contributed by atoms with E-state index in [0.717, 1.165) is 31.4 Å². The zero-order valence-corrected chi connectivity index (χ0v) is 11.0. The maximum Gasteiger partial charge on any atom is 0.224 e. The van der Waals surface area contributed by atoms with E-state index in [9.17, 15) is 4.79 Å². The molecule has 0 bridgehead atoms. The molecular weight excluding hydrogens is 224 g/mol. The molecule has 0 heterocycles. The molecule has 18 heavy (non-hydrogen) atoms. The molecule has 0 aromatic heterocycles. The Kier molecular flexibility index (Phi) is 4.37. The van der Waals surface area contributed by atoms with Gasteiger partial charge in [0.15, 0.2) is 0 Å². The van der Waals surface area contributed by atoms with Crippen molar-refractivity contribution in [3.05, 3.63) is 29.8 Å². The highest BCUT2D eigenvalue weighted by atomic mass is 16.1. The fourth-order valence-electron chi connectivity index (χ4n) is 2.50. The molecule has 0 unspecified atom stereocenters. The highest BCUT2D eigenvalue weighted by Gasteiger charge is 2.20. The van der Waals surface area contributed by atoms with Crippen molar-refractivity contribution in [2.45, 2.75) is 45.1 Å². The molecule has 1 aromatic carbocycles. The van der Waals surface area contributed by atoms with Crippen LogP contribution in [0.2, 0.25) is 0 Å². The van der Waals surface area contributed by atoms with Crippen molar-refractivity contribution < 1.29 is 4.79 Å². The lowest BCUT2D eigenvalue weighted by Gasteiger charge is -2.25. The standard InChI is InChI=1S/C15H22N2O/c1-11-2-8-14(9-3-11)17-15(18)10-12-4-6-13(16)7-5-12/h2-3,8-9,12-13H,4-7,10,16H2,1H3,(H,17,18). The third kappa shape index (κ3) is 3.84. The Bertz CT molecular complexity index is 391. The molecule has 98 valence electrons. The lowest BCUT2D eigenvalue weighted by Crippen LogP contribution is -2.28. The molecular formula is C15H22N2O. The van der Waals surface area contributed by atoms with Gasteiger partial charge in [-0.25, -0.2) is 0 Å². The monoisotopic (exact) mass is 246 g/mol. The van der Waals surface area contributed by atoms with Crippen LogP contribution in [0.25, 0.3) is 0 Å². The summed E-state index contributed by atoms with van der Waals surface area (Å²) < 4.78 is 0. The molecule has 1 amide bonds. The first-order chi connectivity index (χ1) is 8.63. The zero-order valence-electron chi connectivity index (χ0n) is 11.0. The van der Waals surface area contributed by atoms with Crippen LogP contribution < -0.4 is 11.1 Å². The first-order valence-corrected chi connectivity index (χ1v) is 6.75. The number of rotatable bonds is 3. The van der Waals surface area contributed by atoms with Crippen LogP contribution in [0.3, 0.4) is 0 Å². The van der Waals surface area contributed by atoms with Crippen LogP contribution in [0.4, 0.5) is 5.69 Å². The Morgan fingerprint density at radius 3 is 2.44 bits per heavy atom. The van der Waals surface area contributed by atoms with Gasteiger partial charge < -0.3 is 11.1 Å². The third-order valence-corrected chi connectivity index (χ3v) is 3.70. The molecule has 2 rings (SSSR count). The van der Waals surface area contributed by atoms with Crippen LogP contribution in [-0.4, -0.2) is 11.9 Å². The summed E-state index contributed by atoms with van der Waals surface area (Å²) >= 11 is 0. The van der Waals surface area contributed by atoms with Gasteiger partial charge in [-0.05, 0) is 50.7 Å². The third-order valence-electron chi connectivity index (χ3n) is 3.70. The number of carbonyl (C=O) groups excluding carboxylic acids is 1. The fourth-order valence-corrected chi connectivity index (χ4v) is 2.50. The Hall–Kier alpha value is -1.35. The number of hydrogen-bond donors (Lipinski definition) is 2. The molecule has 0 saturated heterocycles. The molecule has 0 radical (unpaired) electrons. The number of amides is 1. The van der Waals surface area contributed by atoms with Gasteiger partial charge in [-0.1, -0.05) is 17.7 Å². The van der Waals surface area contributed by atoms with Gasteiger partial charge in [-0.15, -0.1) is 0 Å². The van der Waals surface area contributed by atoms with Gasteiger partial charge in [-0.2, -0.15) is 0 Å². The SMILES string of the molecule is Cc1ccc(NC(=O)CC2CCC(N)CC2)cc1. The summed E-state index contributed by atoms with van der Waals surface area (Å²) in [6.45, 7) is 2.04. The molecule has 1 fully saturated rings. The first kappa shape index (κ1) is 13.1. The topological polar surface area (TPSA) is 55.1 Å².